The van der Waals surface area contributed by atoms with Crippen LogP contribution >= 0.6 is 0 Å². The van der Waals surface area contributed by atoms with Gasteiger partial charge in [0.05, 0.1) is 24.2 Å². The van der Waals surface area contributed by atoms with Gasteiger partial charge in [-0.05, 0) is 98.7 Å². The Labute approximate surface area is 259 Å². The summed E-state index contributed by atoms with van der Waals surface area (Å²) in [5, 5.41) is 0. The van der Waals surface area contributed by atoms with Crippen LogP contribution < -0.4 is 0 Å². The van der Waals surface area contributed by atoms with Gasteiger partial charge in [-0.15, -0.1) is 0 Å². The molecule has 4 saturated carbocycles. The predicted molar refractivity (Wildman–Crippen MR) is 181 cm³/mol. The van der Waals surface area contributed by atoms with Gasteiger partial charge >= 0.3 is 0 Å². The van der Waals surface area contributed by atoms with Crippen LogP contribution in [0.15, 0.2) is 0 Å². The highest BCUT2D eigenvalue weighted by molar-refractivity contribution is 4.98. The first-order valence-corrected chi connectivity index (χ1v) is 19.2. The van der Waals surface area contributed by atoms with Crippen LogP contribution in [-0.4, -0.2) is 28.7 Å². The molecule has 240 valence electrons. The van der Waals surface area contributed by atoms with E-state index in [-0.39, 0.29) is 0 Å². The summed E-state index contributed by atoms with van der Waals surface area (Å²) in [6, 6.07) is 3.46. The molecule has 0 aromatic heterocycles. The van der Waals surface area contributed by atoms with Crippen molar-refractivity contribution in [2.75, 3.05) is 0 Å². The molecule has 0 N–H and O–H groups in total. The first-order valence-electron chi connectivity index (χ1n) is 19.2. The summed E-state index contributed by atoms with van der Waals surface area (Å²) in [5.41, 5.74) is 0. The Hall–Kier alpha value is -0.0400. The Kier molecular flexibility index (Phi) is 11.5. The van der Waals surface area contributed by atoms with Gasteiger partial charge in [0, 0.05) is 49.4 Å². The Morgan fingerprint density at radius 3 is 0.707 bits per heavy atom. The normalized spacial score (nSPS) is 44.5. The zero-order chi connectivity index (χ0) is 30.2. The third-order valence-corrected chi connectivity index (χ3v) is 14.2. The molecule has 0 saturated heterocycles. The van der Waals surface area contributed by atoms with Crippen molar-refractivity contribution in [2.24, 2.45) is 71.0 Å². The highest BCUT2D eigenvalue weighted by Crippen LogP contribution is 2.57. The van der Waals surface area contributed by atoms with Gasteiger partial charge in [0.2, 0.25) is 0 Å². The van der Waals surface area contributed by atoms with Gasteiger partial charge in [0.15, 0.2) is 0 Å². The molecule has 4 aliphatic carbocycles. The van der Waals surface area contributed by atoms with E-state index in [2.05, 4.69) is 83.1 Å². The molecule has 0 aromatic rings. The summed E-state index contributed by atoms with van der Waals surface area (Å²) in [6.07, 6.45) is 17.8. The fraction of sp³-hybridized carbons (Fsp3) is 1.00. The van der Waals surface area contributed by atoms with Crippen molar-refractivity contribution in [1.29, 1.82) is 0 Å². The first-order chi connectivity index (χ1) is 19.3. The topological polar surface area (TPSA) is 0 Å². The van der Waals surface area contributed by atoms with E-state index in [4.69, 9.17) is 0 Å². The third-order valence-electron chi connectivity index (χ3n) is 14.2. The molecule has 0 aliphatic heterocycles. The second-order valence-electron chi connectivity index (χ2n) is 18.5. The van der Waals surface area contributed by atoms with Crippen molar-refractivity contribution >= 4 is 0 Å². The molecule has 0 spiro atoms. The predicted octanol–water partition coefficient (Wildman–Crippen LogP) is 11.6. The van der Waals surface area contributed by atoms with E-state index < -0.39 is 0 Å². The highest BCUT2D eigenvalue weighted by Gasteiger charge is 2.64. The van der Waals surface area contributed by atoms with Crippen molar-refractivity contribution in [1.82, 2.24) is 0 Å². The van der Waals surface area contributed by atoms with Crippen LogP contribution in [0.25, 0.3) is 0 Å². The molecule has 0 bridgehead atoms. The number of hydrogen-bond donors (Lipinski definition) is 0. The molecule has 12 atom stereocenters. The van der Waals surface area contributed by atoms with Gasteiger partial charge in [-0.3, -0.25) is 0 Å². The molecule has 0 radical (unpaired) electrons. The van der Waals surface area contributed by atoms with E-state index in [0.29, 0.717) is 0 Å². The van der Waals surface area contributed by atoms with E-state index in [0.717, 1.165) is 95.2 Å². The molecule has 4 aliphatic rings. The number of nitrogens with zero attached hydrogens (tertiary/aromatic N) is 1. The minimum absolute atomic E-state index is 0.806. The summed E-state index contributed by atoms with van der Waals surface area (Å²) in [5.74, 6) is 10.4. The monoisotopic (exact) mass is 571 g/mol. The molecule has 4 rings (SSSR count). The van der Waals surface area contributed by atoms with Crippen LogP contribution in [0.1, 0.15) is 160 Å². The van der Waals surface area contributed by atoms with Crippen LogP contribution in [0.3, 0.4) is 0 Å². The van der Waals surface area contributed by atoms with Gasteiger partial charge in [0.25, 0.3) is 0 Å². The van der Waals surface area contributed by atoms with E-state index in [9.17, 15) is 0 Å². The molecule has 0 heterocycles. The van der Waals surface area contributed by atoms with Gasteiger partial charge in [-0.25, -0.2) is 0 Å². The maximum absolute atomic E-state index is 2.65. The Morgan fingerprint density at radius 2 is 0.537 bits per heavy atom. The molecule has 12 unspecified atom stereocenters. The lowest BCUT2D eigenvalue weighted by Gasteiger charge is -2.69. The van der Waals surface area contributed by atoms with Gasteiger partial charge in [-0.1, -0.05) is 83.1 Å². The van der Waals surface area contributed by atoms with Crippen LogP contribution in [0.5, 0.6) is 0 Å². The SMILES string of the molecule is CC1CCC(C(C)C)C([N+](C2CC(C)CCC2C(C)C)(C2CC(C)CCC2C(C)C)C2CC(C)CCC2C(C)C)C1. The highest BCUT2D eigenvalue weighted by atomic mass is 15.5. The minimum Gasteiger partial charge on any atom is -0.313 e. The quantitative estimate of drug-likeness (QED) is 0.255. The number of rotatable bonds is 8. The van der Waals surface area contributed by atoms with Gasteiger partial charge in [0.1, 0.15) is 0 Å². The zero-order valence-electron chi connectivity index (χ0n) is 30.2. The van der Waals surface area contributed by atoms with Crippen LogP contribution in [0.2, 0.25) is 0 Å². The lowest BCUT2D eigenvalue weighted by atomic mass is 9.60. The molecular formula is C40H76N+. The molecule has 1 heteroatoms. The lowest BCUT2D eigenvalue weighted by Crippen LogP contribution is -2.79. The Morgan fingerprint density at radius 1 is 0.341 bits per heavy atom. The fourth-order valence-electron chi connectivity index (χ4n) is 12.1. The molecule has 4 fully saturated rings. The standard InChI is InChI=1S/C40H76N/c1-25(2)33-17-13-29(9)21-37(33)41(38-22-30(10)14-18-34(38)26(3)4,39-23-31(11)15-19-35(39)27(5)6)40-24-32(12)16-20-36(40)28(7)8/h25-40H,13-24H2,1-12H3/q+1. The van der Waals surface area contributed by atoms with Crippen molar-refractivity contribution in [3.63, 3.8) is 0 Å². The van der Waals surface area contributed by atoms with Crippen LogP contribution in [0.4, 0.5) is 0 Å². The molecule has 1 nitrogen and oxygen atoms in total. The fourth-order valence-corrected chi connectivity index (χ4v) is 12.1. The van der Waals surface area contributed by atoms with Crippen molar-refractivity contribution in [3.05, 3.63) is 0 Å². The smallest absolute Gasteiger partial charge is 0.0930 e. The Bertz CT molecular complexity index is 661. The maximum Gasteiger partial charge on any atom is 0.0930 e. The van der Waals surface area contributed by atoms with Crippen molar-refractivity contribution in [2.45, 2.75) is 184 Å². The minimum atomic E-state index is 0.806. The Balaban J connectivity index is 2.08. The third kappa shape index (κ3) is 6.81. The van der Waals surface area contributed by atoms with Crippen molar-refractivity contribution < 1.29 is 4.48 Å². The number of quaternary nitrogens is 1. The summed E-state index contributed by atoms with van der Waals surface area (Å²) < 4.78 is 1.58. The van der Waals surface area contributed by atoms with Gasteiger partial charge in [-0.2, -0.15) is 0 Å². The van der Waals surface area contributed by atoms with Crippen molar-refractivity contribution in [3.8, 4) is 0 Å². The van der Waals surface area contributed by atoms with Crippen LogP contribution in [0, 0.1) is 71.0 Å². The lowest BCUT2D eigenvalue weighted by molar-refractivity contribution is -1.03. The molecular weight excluding hydrogens is 494 g/mol. The summed E-state index contributed by atoms with van der Waals surface area (Å²) in [7, 11) is 0. The molecule has 0 aromatic carbocycles. The van der Waals surface area contributed by atoms with E-state index in [1.165, 1.54) is 77.0 Å². The van der Waals surface area contributed by atoms with Gasteiger partial charge < -0.3 is 4.48 Å². The molecule has 0 amide bonds. The second kappa shape index (κ2) is 13.9. The largest absolute Gasteiger partial charge is 0.313 e. The summed E-state index contributed by atoms with van der Waals surface area (Å²) in [4.78, 5) is 0. The van der Waals surface area contributed by atoms with E-state index >= 15 is 0 Å². The number of hydrogen-bond acceptors (Lipinski definition) is 0. The molecule has 41 heavy (non-hydrogen) atoms. The summed E-state index contributed by atoms with van der Waals surface area (Å²) >= 11 is 0. The second-order valence-corrected chi connectivity index (χ2v) is 18.5. The average Bonchev–Trinajstić information content (AvgIpc) is 2.89. The van der Waals surface area contributed by atoms with E-state index in [1.807, 2.05) is 0 Å². The summed E-state index contributed by atoms with van der Waals surface area (Å²) in [6.45, 7) is 31.6. The van der Waals surface area contributed by atoms with E-state index in [1.54, 1.807) is 4.48 Å². The average molecular weight is 571 g/mol. The maximum atomic E-state index is 2.65. The van der Waals surface area contributed by atoms with Crippen LogP contribution in [-0.2, 0) is 0 Å². The first kappa shape index (κ1) is 33.8. The zero-order valence-corrected chi connectivity index (χ0v) is 30.2.